The number of piperidine rings is 1. The van der Waals surface area contributed by atoms with E-state index >= 15 is 0 Å². The van der Waals surface area contributed by atoms with Gasteiger partial charge in [0.1, 0.15) is 0 Å². The van der Waals surface area contributed by atoms with Crippen LogP contribution in [0.25, 0.3) is 0 Å². The van der Waals surface area contributed by atoms with Crippen molar-refractivity contribution in [2.75, 3.05) is 32.8 Å². The molecule has 1 amide bonds. The molecular formula is C10H18N2O3. The van der Waals surface area contributed by atoms with Gasteiger partial charge in [-0.3, -0.25) is 9.80 Å². The van der Waals surface area contributed by atoms with Crippen LogP contribution in [0.4, 0.5) is 4.79 Å². The van der Waals surface area contributed by atoms with Crippen molar-refractivity contribution >= 4 is 6.09 Å². The van der Waals surface area contributed by atoms with Crippen LogP contribution in [0.1, 0.15) is 19.3 Å². The van der Waals surface area contributed by atoms with E-state index in [1.54, 1.807) is 4.90 Å². The van der Waals surface area contributed by atoms with E-state index in [4.69, 9.17) is 9.84 Å². The maximum Gasteiger partial charge on any atom is 0.408 e. The largest absolute Gasteiger partial charge is 0.465 e. The number of carboxylic acid groups (broad SMARTS) is 1. The fourth-order valence-corrected chi connectivity index (χ4v) is 2.39. The van der Waals surface area contributed by atoms with Crippen LogP contribution in [0.5, 0.6) is 0 Å². The van der Waals surface area contributed by atoms with Crippen LogP contribution in [-0.2, 0) is 4.74 Å². The normalized spacial score (nSPS) is 29.1. The summed E-state index contributed by atoms with van der Waals surface area (Å²) < 4.78 is 5.28. The lowest BCUT2D eigenvalue weighted by Gasteiger charge is -2.42. The molecule has 0 bridgehead atoms. The third-order valence-electron chi connectivity index (χ3n) is 3.18. The van der Waals surface area contributed by atoms with Gasteiger partial charge in [0.15, 0.2) is 0 Å². The molecule has 0 radical (unpaired) electrons. The molecular weight excluding hydrogens is 196 g/mol. The molecule has 0 aromatic carbocycles. The van der Waals surface area contributed by atoms with Gasteiger partial charge in [-0.2, -0.15) is 0 Å². The number of likely N-dealkylation sites (tertiary alicyclic amines) is 1. The van der Waals surface area contributed by atoms with Crippen molar-refractivity contribution in [3.05, 3.63) is 0 Å². The maximum absolute atomic E-state index is 11.1. The first-order valence-corrected chi connectivity index (χ1v) is 5.60. The van der Waals surface area contributed by atoms with E-state index in [1.807, 2.05) is 0 Å². The molecule has 0 aromatic heterocycles. The Morgan fingerprint density at radius 1 is 1.20 bits per heavy atom. The van der Waals surface area contributed by atoms with Crippen molar-refractivity contribution in [2.45, 2.75) is 25.4 Å². The van der Waals surface area contributed by atoms with E-state index in [0.29, 0.717) is 6.54 Å². The van der Waals surface area contributed by atoms with Crippen LogP contribution < -0.4 is 0 Å². The number of carbonyl (C=O) groups is 1. The minimum atomic E-state index is -0.786. The van der Waals surface area contributed by atoms with Crippen LogP contribution in [0.2, 0.25) is 0 Å². The smallest absolute Gasteiger partial charge is 0.408 e. The Morgan fingerprint density at radius 3 is 2.60 bits per heavy atom. The van der Waals surface area contributed by atoms with Gasteiger partial charge in [-0.25, -0.2) is 4.79 Å². The molecule has 1 N–H and O–H groups in total. The van der Waals surface area contributed by atoms with Gasteiger partial charge in [0.05, 0.1) is 19.4 Å². The summed E-state index contributed by atoms with van der Waals surface area (Å²) in [5, 5.41) is 9.11. The van der Waals surface area contributed by atoms with Crippen molar-refractivity contribution in [2.24, 2.45) is 0 Å². The molecule has 0 aromatic rings. The van der Waals surface area contributed by atoms with E-state index in [9.17, 15) is 4.79 Å². The quantitative estimate of drug-likeness (QED) is 0.701. The van der Waals surface area contributed by atoms with E-state index < -0.39 is 6.09 Å². The summed E-state index contributed by atoms with van der Waals surface area (Å²) in [6.45, 7) is 3.84. The highest BCUT2D eigenvalue weighted by molar-refractivity contribution is 5.65. The molecule has 2 heterocycles. The van der Waals surface area contributed by atoms with Crippen molar-refractivity contribution in [3.8, 4) is 0 Å². The van der Waals surface area contributed by atoms with Gasteiger partial charge in [-0.15, -0.1) is 0 Å². The molecule has 5 nitrogen and oxygen atoms in total. The summed E-state index contributed by atoms with van der Waals surface area (Å²) in [6.07, 6.45) is 2.39. The second-order valence-electron chi connectivity index (χ2n) is 4.10. The van der Waals surface area contributed by atoms with Crippen LogP contribution in [-0.4, -0.2) is 60.0 Å². The Labute approximate surface area is 89.6 Å². The van der Waals surface area contributed by atoms with E-state index in [-0.39, 0.29) is 6.17 Å². The van der Waals surface area contributed by atoms with Gasteiger partial charge in [-0.1, -0.05) is 0 Å². The zero-order valence-corrected chi connectivity index (χ0v) is 8.89. The number of rotatable bonds is 1. The summed E-state index contributed by atoms with van der Waals surface area (Å²) in [5.74, 6) is 0. The van der Waals surface area contributed by atoms with Crippen LogP contribution in [0.15, 0.2) is 0 Å². The Bertz CT molecular complexity index is 229. The number of nitrogens with zero attached hydrogens (tertiary/aromatic N) is 2. The second-order valence-corrected chi connectivity index (χ2v) is 4.10. The summed E-state index contributed by atoms with van der Waals surface area (Å²) >= 11 is 0. The number of amides is 1. The standard InChI is InChI=1S/C10H18N2O3/c13-10(14)12-4-2-1-3-9(12)11-5-7-15-8-6-11/h9H,1-8H2,(H,13,14). The average Bonchev–Trinajstić information content (AvgIpc) is 2.30. The first-order chi connectivity index (χ1) is 7.29. The van der Waals surface area contributed by atoms with Gasteiger partial charge >= 0.3 is 6.09 Å². The maximum atomic E-state index is 11.1. The third-order valence-corrected chi connectivity index (χ3v) is 3.18. The molecule has 5 heteroatoms. The molecule has 0 saturated carbocycles. The summed E-state index contributed by atoms with van der Waals surface area (Å²) in [7, 11) is 0. The van der Waals surface area contributed by atoms with Gasteiger partial charge in [0.25, 0.3) is 0 Å². The molecule has 2 saturated heterocycles. The van der Waals surface area contributed by atoms with Crippen molar-refractivity contribution < 1.29 is 14.6 Å². The fraction of sp³-hybridized carbons (Fsp3) is 0.900. The number of ether oxygens (including phenoxy) is 1. The average molecular weight is 214 g/mol. The summed E-state index contributed by atoms with van der Waals surface area (Å²) in [4.78, 5) is 14.9. The van der Waals surface area contributed by atoms with Crippen LogP contribution >= 0.6 is 0 Å². The van der Waals surface area contributed by atoms with Gasteiger partial charge in [0.2, 0.25) is 0 Å². The first kappa shape index (κ1) is 10.7. The lowest BCUT2D eigenvalue weighted by Crippen LogP contribution is -2.55. The lowest BCUT2D eigenvalue weighted by molar-refractivity contribution is -0.0396. The lowest BCUT2D eigenvalue weighted by atomic mass is 10.1. The highest BCUT2D eigenvalue weighted by Gasteiger charge is 2.31. The summed E-state index contributed by atoms with van der Waals surface area (Å²) in [6, 6.07) is 0. The zero-order valence-electron chi connectivity index (χ0n) is 8.89. The SMILES string of the molecule is O=C(O)N1CCCCC1N1CCOCC1. The minimum absolute atomic E-state index is 0.0835. The second kappa shape index (κ2) is 4.81. The summed E-state index contributed by atoms with van der Waals surface area (Å²) in [5.41, 5.74) is 0. The molecule has 2 aliphatic rings. The Hall–Kier alpha value is -0.810. The molecule has 86 valence electrons. The Kier molecular flexibility index (Phi) is 3.43. The highest BCUT2D eigenvalue weighted by atomic mass is 16.5. The molecule has 0 aliphatic carbocycles. The zero-order chi connectivity index (χ0) is 10.7. The molecule has 2 rings (SSSR count). The van der Waals surface area contributed by atoms with E-state index in [0.717, 1.165) is 45.6 Å². The van der Waals surface area contributed by atoms with Crippen molar-refractivity contribution in [1.82, 2.24) is 9.80 Å². The predicted molar refractivity (Wildman–Crippen MR) is 54.8 cm³/mol. The fourth-order valence-electron chi connectivity index (χ4n) is 2.39. The third kappa shape index (κ3) is 2.41. The van der Waals surface area contributed by atoms with Crippen molar-refractivity contribution in [1.29, 1.82) is 0 Å². The molecule has 0 spiro atoms. The Morgan fingerprint density at radius 2 is 1.93 bits per heavy atom. The van der Waals surface area contributed by atoms with Gasteiger partial charge < -0.3 is 9.84 Å². The topological polar surface area (TPSA) is 53.0 Å². The minimum Gasteiger partial charge on any atom is -0.465 e. The molecule has 2 aliphatic heterocycles. The van der Waals surface area contributed by atoms with Crippen LogP contribution in [0, 0.1) is 0 Å². The van der Waals surface area contributed by atoms with Gasteiger partial charge in [0, 0.05) is 19.6 Å². The predicted octanol–water partition coefficient (Wildman–Crippen LogP) is 0.809. The number of hydrogen-bond acceptors (Lipinski definition) is 3. The first-order valence-electron chi connectivity index (χ1n) is 5.60. The van der Waals surface area contributed by atoms with Crippen molar-refractivity contribution in [3.63, 3.8) is 0 Å². The number of hydrogen-bond donors (Lipinski definition) is 1. The highest BCUT2D eigenvalue weighted by Crippen LogP contribution is 2.21. The number of morpholine rings is 1. The molecule has 1 unspecified atom stereocenters. The Balaban J connectivity index is 1.99. The monoisotopic (exact) mass is 214 g/mol. The molecule has 15 heavy (non-hydrogen) atoms. The van der Waals surface area contributed by atoms with Crippen LogP contribution in [0.3, 0.4) is 0 Å². The molecule has 2 fully saturated rings. The van der Waals surface area contributed by atoms with Gasteiger partial charge in [-0.05, 0) is 19.3 Å². The van der Waals surface area contributed by atoms with E-state index in [2.05, 4.69) is 4.90 Å². The van der Waals surface area contributed by atoms with E-state index in [1.165, 1.54) is 0 Å². The molecule has 1 atom stereocenters.